The van der Waals surface area contributed by atoms with E-state index in [1.165, 1.54) is 18.2 Å². The number of amides is 2. The fraction of sp³-hybridized carbons (Fsp3) is 0.211. The van der Waals surface area contributed by atoms with Crippen molar-refractivity contribution in [3.63, 3.8) is 0 Å². The Bertz CT molecular complexity index is 1970. The number of halogens is 3. The lowest BCUT2D eigenvalue weighted by molar-refractivity contribution is -0.137. The lowest BCUT2D eigenvalue weighted by Crippen LogP contribution is -2.49. The largest absolute Gasteiger partial charge is 0.508 e. The number of aryl methyl sites for hydroxylation is 1. The molecule has 0 aliphatic carbocycles. The first-order chi connectivity index (χ1) is 22.9. The summed E-state index contributed by atoms with van der Waals surface area (Å²) in [7, 11) is 3.87. The third-order valence-electron chi connectivity index (χ3n) is 8.63. The molecule has 2 N–H and O–H groups in total. The van der Waals surface area contributed by atoms with Crippen LogP contribution in [0.15, 0.2) is 103 Å². The number of benzene rings is 4. The SMILES string of the molecule is Cc1cc(C(=O)Nc2ccc(O)cc2)cn1-c1ccc(-c2cc(C(F)(F)F)ccc2C(=O)N2Cc3ccccc3C[C@H]2CN(C)C)cc1. The lowest BCUT2D eigenvalue weighted by Gasteiger charge is -2.38. The van der Waals surface area contributed by atoms with E-state index in [-0.39, 0.29) is 34.7 Å². The van der Waals surface area contributed by atoms with Crippen molar-refractivity contribution in [2.75, 3.05) is 26.0 Å². The molecule has 1 aromatic heterocycles. The van der Waals surface area contributed by atoms with E-state index >= 15 is 0 Å². The maximum atomic E-state index is 14.3. The summed E-state index contributed by atoms with van der Waals surface area (Å²) in [6.07, 6.45) is -2.26. The molecular formula is C38H35F3N4O3. The van der Waals surface area contributed by atoms with Gasteiger partial charge in [-0.25, -0.2) is 0 Å². The summed E-state index contributed by atoms with van der Waals surface area (Å²) >= 11 is 0. The summed E-state index contributed by atoms with van der Waals surface area (Å²) in [5.74, 6) is -0.570. The third-order valence-corrected chi connectivity index (χ3v) is 8.63. The summed E-state index contributed by atoms with van der Waals surface area (Å²) < 4.78 is 43.7. The van der Waals surface area contributed by atoms with Gasteiger partial charge in [0.25, 0.3) is 11.8 Å². The molecule has 2 heterocycles. The van der Waals surface area contributed by atoms with Crippen LogP contribution in [0.4, 0.5) is 18.9 Å². The van der Waals surface area contributed by atoms with E-state index < -0.39 is 11.7 Å². The second-order valence-electron chi connectivity index (χ2n) is 12.4. The summed E-state index contributed by atoms with van der Waals surface area (Å²) in [6.45, 7) is 2.81. The molecule has 1 aliphatic heterocycles. The van der Waals surface area contributed by atoms with Gasteiger partial charge < -0.3 is 24.8 Å². The molecule has 6 rings (SSSR count). The van der Waals surface area contributed by atoms with Crippen LogP contribution < -0.4 is 5.32 Å². The summed E-state index contributed by atoms with van der Waals surface area (Å²) in [6, 6.07) is 25.9. The minimum atomic E-state index is -4.59. The van der Waals surface area contributed by atoms with Crippen molar-refractivity contribution in [3.05, 3.63) is 137 Å². The van der Waals surface area contributed by atoms with Gasteiger partial charge in [0.05, 0.1) is 11.1 Å². The van der Waals surface area contributed by atoms with Gasteiger partial charge in [0, 0.05) is 48.0 Å². The number of anilines is 1. The van der Waals surface area contributed by atoms with E-state index in [2.05, 4.69) is 11.4 Å². The van der Waals surface area contributed by atoms with Crippen LogP contribution in [0.5, 0.6) is 5.75 Å². The Kier molecular flexibility index (Phi) is 8.85. The normalized spacial score (nSPS) is 14.6. The number of likely N-dealkylation sites (N-methyl/N-ethyl adjacent to an activating group) is 1. The van der Waals surface area contributed by atoms with Crippen molar-refractivity contribution in [1.82, 2.24) is 14.4 Å². The van der Waals surface area contributed by atoms with Gasteiger partial charge in [0.1, 0.15) is 5.75 Å². The minimum Gasteiger partial charge on any atom is -0.508 e. The number of carbonyl (C=O) groups is 2. The lowest BCUT2D eigenvalue weighted by atomic mass is 9.91. The fourth-order valence-electron chi connectivity index (χ4n) is 6.24. The number of nitrogens with zero attached hydrogens (tertiary/aromatic N) is 3. The van der Waals surface area contributed by atoms with Crippen molar-refractivity contribution in [2.45, 2.75) is 32.1 Å². The number of aromatic nitrogens is 1. The quantitative estimate of drug-likeness (QED) is 0.178. The second kappa shape index (κ2) is 13.0. The number of fused-ring (bicyclic) bond motifs is 1. The highest BCUT2D eigenvalue weighted by molar-refractivity contribution is 6.04. The Morgan fingerprint density at radius 3 is 2.27 bits per heavy atom. The molecule has 10 heteroatoms. The fourth-order valence-corrected chi connectivity index (χ4v) is 6.24. The van der Waals surface area contributed by atoms with Gasteiger partial charge in [-0.05, 0) is 110 Å². The highest BCUT2D eigenvalue weighted by Crippen LogP contribution is 2.36. The Labute approximate surface area is 276 Å². The maximum absolute atomic E-state index is 14.3. The molecule has 0 radical (unpaired) electrons. The second-order valence-corrected chi connectivity index (χ2v) is 12.4. The zero-order valence-electron chi connectivity index (χ0n) is 26.8. The predicted octanol–water partition coefficient (Wildman–Crippen LogP) is 7.56. The molecule has 0 fully saturated rings. The van der Waals surface area contributed by atoms with Crippen LogP contribution >= 0.6 is 0 Å². The van der Waals surface area contributed by atoms with E-state index in [0.717, 1.165) is 29.0 Å². The average Bonchev–Trinajstić information content (AvgIpc) is 3.46. The molecule has 0 bridgehead atoms. The molecule has 1 aliphatic rings. The number of hydrogen-bond donors (Lipinski definition) is 2. The molecule has 2 amide bonds. The van der Waals surface area contributed by atoms with Gasteiger partial charge >= 0.3 is 6.18 Å². The van der Waals surface area contributed by atoms with Gasteiger partial charge in [0.2, 0.25) is 0 Å². The highest BCUT2D eigenvalue weighted by Gasteiger charge is 2.35. The average molecular weight is 653 g/mol. The first-order valence-corrected chi connectivity index (χ1v) is 15.5. The molecule has 0 saturated carbocycles. The van der Waals surface area contributed by atoms with Crippen LogP contribution in [-0.4, -0.2) is 58.0 Å². The maximum Gasteiger partial charge on any atom is 0.416 e. The van der Waals surface area contributed by atoms with Gasteiger partial charge in [0.15, 0.2) is 0 Å². The van der Waals surface area contributed by atoms with Crippen LogP contribution in [0.1, 0.15) is 43.1 Å². The molecule has 1 atom stereocenters. The zero-order valence-corrected chi connectivity index (χ0v) is 26.8. The van der Waals surface area contributed by atoms with Crippen molar-refractivity contribution >= 4 is 17.5 Å². The van der Waals surface area contributed by atoms with Crippen molar-refractivity contribution in [2.24, 2.45) is 0 Å². The van der Waals surface area contributed by atoms with Gasteiger partial charge in [-0.3, -0.25) is 9.59 Å². The Hall–Kier alpha value is -5.35. The van der Waals surface area contributed by atoms with E-state index in [9.17, 15) is 27.9 Å². The number of aromatic hydroxyl groups is 1. The number of phenols is 1. The summed E-state index contributed by atoms with van der Waals surface area (Å²) in [5.41, 5.74) is 4.61. The molecule has 0 unspecified atom stereocenters. The first-order valence-electron chi connectivity index (χ1n) is 15.5. The van der Waals surface area contributed by atoms with Crippen LogP contribution in [-0.2, 0) is 19.1 Å². The van der Waals surface area contributed by atoms with Crippen LogP contribution in [0.25, 0.3) is 16.8 Å². The predicted molar refractivity (Wildman–Crippen MR) is 179 cm³/mol. The molecule has 0 spiro atoms. The molecule has 48 heavy (non-hydrogen) atoms. The molecule has 5 aromatic rings. The van der Waals surface area contributed by atoms with Crippen molar-refractivity contribution in [3.8, 4) is 22.6 Å². The van der Waals surface area contributed by atoms with Crippen LogP contribution in [0, 0.1) is 6.92 Å². The molecular weight excluding hydrogens is 617 g/mol. The number of hydrogen-bond acceptors (Lipinski definition) is 4. The van der Waals surface area contributed by atoms with Crippen LogP contribution in [0.3, 0.4) is 0 Å². The van der Waals surface area contributed by atoms with Gasteiger partial charge in [-0.2, -0.15) is 13.2 Å². The third kappa shape index (κ3) is 6.84. The van der Waals surface area contributed by atoms with Gasteiger partial charge in [-0.1, -0.05) is 36.4 Å². The number of nitrogens with one attached hydrogen (secondary N) is 1. The summed E-state index contributed by atoms with van der Waals surface area (Å²) in [5, 5.41) is 12.3. The molecule has 7 nitrogen and oxygen atoms in total. The van der Waals surface area contributed by atoms with E-state index in [1.807, 2.05) is 48.7 Å². The minimum absolute atomic E-state index is 0.0888. The Morgan fingerprint density at radius 2 is 1.60 bits per heavy atom. The van der Waals surface area contributed by atoms with Gasteiger partial charge in [-0.15, -0.1) is 0 Å². The topological polar surface area (TPSA) is 77.8 Å². The zero-order chi connectivity index (χ0) is 34.2. The Balaban J connectivity index is 1.32. The van der Waals surface area contributed by atoms with E-state index in [0.29, 0.717) is 42.0 Å². The number of alkyl halides is 3. The molecule has 246 valence electrons. The van der Waals surface area contributed by atoms with E-state index in [1.54, 1.807) is 53.6 Å². The summed E-state index contributed by atoms with van der Waals surface area (Å²) in [4.78, 5) is 31.0. The number of carbonyl (C=O) groups excluding carboxylic acids is 2. The highest BCUT2D eigenvalue weighted by atomic mass is 19.4. The number of rotatable bonds is 7. The Morgan fingerprint density at radius 1 is 0.917 bits per heavy atom. The van der Waals surface area contributed by atoms with Crippen molar-refractivity contribution < 1.29 is 27.9 Å². The van der Waals surface area contributed by atoms with Crippen molar-refractivity contribution in [1.29, 1.82) is 0 Å². The first kappa shape index (κ1) is 32.6. The monoisotopic (exact) mass is 652 g/mol. The van der Waals surface area contributed by atoms with E-state index in [4.69, 9.17) is 0 Å². The van der Waals surface area contributed by atoms with Crippen LogP contribution in [0.2, 0.25) is 0 Å². The number of phenolic OH excluding ortho intramolecular Hbond substituents is 1. The molecule has 0 saturated heterocycles. The standard InChI is InChI=1S/C38H35F3N4O3/c1-24-18-28(36(47)42-30-11-15-33(46)16-12-30)22-44(24)31-13-8-25(9-14-31)35-20-29(38(39,40)41)10-17-34(35)37(48)45-21-27-7-5-4-6-26(27)19-32(45)23-43(2)3/h4-18,20,22,32,46H,19,21,23H2,1-3H3,(H,42,47)/t32-/m0/s1. The smallest absolute Gasteiger partial charge is 0.416 e. The molecule has 4 aromatic carbocycles.